The number of benzene rings is 2. The van der Waals surface area contributed by atoms with Crippen molar-refractivity contribution < 1.29 is 9.59 Å². The summed E-state index contributed by atoms with van der Waals surface area (Å²) in [6, 6.07) is 16.4. The lowest BCUT2D eigenvalue weighted by molar-refractivity contribution is -0.123. The molecule has 1 unspecified atom stereocenters. The number of allylic oxidation sites excluding steroid dienone is 1. The van der Waals surface area contributed by atoms with Gasteiger partial charge in [0, 0.05) is 39.7 Å². The minimum absolute atomic E-state index is 0.0571. The van der Waals surface area contributed by atoms with Crippen LogP contribution in [0.3, 0.4) is 0 Å². The van der Waals surface area contributed by atoms with E-state index in [0.29, 0.717) is 39.7 Å². The van der Waals surface area contributed by atoms with Gasteiger partial charge in [0.05, 0.1) is 5.57 Å². The van der Waals surface area contributed by atoms with Gasteiger partial charge >= 0.3 is 0 Å². The largest absolute Gasteiger partial charge is 0.384 e. The number of fused-ring (bicyclic) bond motifs is 3. The second-order valence-electron chi connectivity index (χ2n) is 9.20. The Morgan fingerprint density at radius 2 is 1.78 bits per heavy atom. The Morgan fingerprint density at radius 1 is 1.09 bits per heavy atom. The van der Waals surface area contributed by atoms with E-state index >= 15 is 0 Å². The number of nitrogens with one attached hydrogen (secondary N) is 1. The number of nitrogens with two attached hydrogens (primary N) is 1. The topological polar surface area (TPSA) is 99.2 Å². The number of para-hydroxylation sites is 1. The zero-order valence-corrected chi connectivity index (χ0v) is 18.5. The van der Waals surface area contributed by atoms with Crippen LogP contribution in [0.1, 0.15) is 32.3 Å². The van der Waals surface area contributed by atoms with Crippen molar-refractivity contribution in [2.45, 2.75) is 32.1 Å². The summed E-state index contributed by atoms with van der Waals surface area (Å²) in [4.78, 5) is 29.0. The van der Waals surface area contributed by atoms with E-state index in [1.165, 1.54) is 0 Å². The number of hydrogen-bond acceptors (Lipinski definition) is 5. The molecule has 1 atom stereocenters. The van der Waals surface area contributed by atoms with Gasteiger partial charge in [-0.05, 0) is 42.2 Å². The van der Waals surface area contributed by atoms with Crippen molar-refractivity contribution in [1.82, 2.24) is 0 Å². The highest BCUT2D eigenvalue weighted by Crippen LogP contribution is 2.56. The third-order valence-corrected chi connectivity index (χ3v) is 6.74. The maximum atomic E-state index is 13.7. The van der Waals surface area contributed by atoms with E-state index in [-0.39, 0.29) is 29.0 Å². The molecule has 1 aliphatic carbocycles. The van der Waals surface area contributed by atoms with Crippen LogP contribution in [0.25, 0.3) is 0 Å². The third-order valence-electron chi connectivity index (χ3n) is 6.49. The van der Waals surface area contributed by atoms with Gasteiger partial charge < -0.3 is 11.1 Å². The zero-order valence-electron chi connectivity index (χ0n) is 17.7. The van der Waals surface area contributed by atoms with Gasteiger partial charge in [-0.15, -0.1) is 0 Å². The number of nitriles is 1. The van der Waals surface area contributed by atoms with E-state index in [0.717, 1.165) is 0 Å². The molecule has 3 N–H and O–H groups in total. The highest BCUT2D eigenvalue weighted by molar-refractivity contribution is 6.30. The van der Waals surface area contributed by atoms with Crippen molar-refractivity contribution in [1.29, 1.82) is 5.26 Å². The molecule has 2 heterocycles. The lowest BCUT2D eigenvalue weighted by atomic mass is 9.61. The first-order chi connectivity index (χ1) is 15.2. The summed E-state index contributed by atoms with van der Waals surface area (Å²) >= 11 is 6.09. The summed E-state index contributed by atoms with van der Waals surface area (Å²) in [6.45, 7) is 4.04. The van der Waals surface area contributed by atoms with Crippen LogP contribution in [0, 0.1) is 16.7 Å². The average Bonchev–Trinajstić information content (AvgIpc) is 3.01. The first-order valence-corrected chi connectivity index (χ1v) is 10.7. The van der Waals surface area contributed by atoms with Gasteiger partial charge in [-0.25, -0.2) is 0 Å². The maximum Gasteiger partial charge on any atom is 0.245 e. The van der Waals surface area contributed by atoms with Crippen molar-refractivity contribution in [3.8, 4) is 6.07 Å². The number of hydrogen-bond donors (Lipinski definition) is 2. The van der Waals surface area contributed by atoms with Crippen molar-refractivity contribution in [3.63, 3.8) is 0 Å². The van der Waals surface area contributed by atoms with E-state index in [2.05, 4.69) is 11.4 Å². The monoisotopic (exact) mass is 444 g/mol. The number of halogens is 1. The third kappa shape index (κ3) is 2.58. The van der Waals surface area contributed by atoms with Crippen molar-refractivity contribution >= 4 is 34.7 Å². The minimum Gasteiger partial charge on any atom is -0.384 e. The number of anilines is 2. The van der Waals surface area contributed by atoms with Crippen LogP contribution in [0.4, 0.5) is 11.4 Å². The van der Waals surface area contributed by atoms with Crippen LogP contribution in [0.15, 0.2) is 71.2 Å². The summed E-state index contributed by atoms with van der Waals surface area (Å²) < 4.78 is 0. The highest BCUT2D eigenvalue weighted by atomic mass is 35.5. The molecule has 0 aromatic heterocycles. The molecule has 1 spiro atoms. The predicted octanol–water partition coefficient (Wildman–Crippen LogP) is 4.39. The molecule has 7 heteroatoms. The molecule has 5 rings (SSSR count). The molecule has 2 aliphatic heterocycles. The highest BCUT2D eigenvalue weighted by Gasteiger charge is 2.61. The molecule has 2 aromatic carbocycles. The van der Waals surface area contributed by atoms with Gasteiger partial charge in [-0.1, -0.05) is 43.6 Å². The molecule has 3 aliphatic rings. The van der Waals surface area contributed by atoms with Crippen molar-refractivity contribution in [3.05, 3.63) is 81.8 Å². The fraction of sp³-hybridized carbons (Fsp3) is 0.240. The summed E-state index contributed by atoms with van der Waals surface area (Å²) in [5, 5.41) is 13.7. The van der Waals surface area contributed by atoms with Crippen LogP contribution < -0.4 is 16.0 Å². The van der Waals surface area contributed by atoms with E-state index in [9.17, 15) is 14.9 Å². The number of carbonyl (C=O) groups excluding carboxylic acids is 2. The molecule has 2 aromatic rings. The van der Waals surface area contributed by atoms with E-state index in [1.54, 1.807) is 53.4 Å². The molecule has 6 nitrogen and oxygen atoms in total. The zero-order chi connectivity index (χ0) is 22.8. The predicted molar refractivity (Wildman–Crippen MR) is 123 cm³/mol. The first kappa shape index (κ1) is 20.3. The van der Waals surface area contributed by atoms with Crippen LogP contribution in [0.5, 0.6) is 0 Å². The van der Waals surface area contributed by atoms with Crippen molar-refractivity contribution in [2.75, 3.05) is 10.2 Å². The molecule has 0 fully saturated rings. The van der Waals surface area contributed by atoms with Crippen LogP contribution in [0.2, 0.25) is 5.02 Å². The van der Waals surface area contributed by atoms with Crippen LogP contribution in [-0.2, 0) is 15.0 Å². The van der Waals surface area contributed by atoms with Gasteiger partial charge in [0.2, 0.25) is 5.91 Å². The number of carbonyl (C=O) groups is 2. The van der Waals surface area contributed by atoms with Gasteiger partial charge in [0.15, 0.2) is 5.78 Å². The molecular formula is C25H21ClN4O2. The van der Waals surface area contributed by atoms with Gasteiger partial charge in [-0.2, -0.15) is 5.26 Å². The first-order valence-electron chi connectivity index (χ1n) is 10.3. The molecular weight excluding hydrogens is 424 g/mol. The summed E-state index contributed by atoms with van der Waals surface area (Å²) in [7, 11) is 0. The van der Waals surface area contributed by atoms with Gasteiger partial charge in [0.1, 0.15) is 17.3 Å². The smallest absolute Gasteiger partial charge is 0.245 e. The van der Waals surface area contributed by atoms with E-state index in [1.807, 2.05) is 13.8 Å². The number of Topliss-reactive ketones (excluding diaryl/α,β-unsaturated/α-hetero) is 1. The Morgan fingerprint density at radius 3 is 2.47 bits per heavy atom. The number of ketones is 1. The normalized spacial score (nSPS) is 23.8. The Labute approximate surface area is 191 Å². The fourth-order valence-corrected chi connectivity index (χ4v) is 5.38. The molecule has 0 radical (unpaired) electrons. The van der Waals surface area contributed by atoms with Crippen LogP contribution in [-0.4, -0.2) is 11.7 Å². The summed E-state index contributed by atoms with van der Waals surface area (Å²) in [5.74, 6) is -0.428. The van der Waals surface area contributed by atoms with Crippen LogP contribution >= 0.6 is 11.6 Å². The Kier molecular flexibility index (Phi) is 4.27. The fourth-order valence-electron chi connectivity index (χ4n) is 5.26. The molecule has 0 saturated heterocycles. The van der Waals surface area contributed by atoms with Gasteiger partial charge in [0.25, 0.3) is 0 Å². The lowest BCUT2D eigenvalue weighted by Crippen LogP contribution is -2.52. The molecule has 32 heavy (non-hydrogen) atoms. The van der Waals surface area contributed by atoms with Gasteiger partial charge in [-0.3, -0.25) is 14.5 Å². The summed E-state index contributed by atoms with van der Waals surface area (Å²) in [5.41, 5.74) is 7.65. The molecule has 0 bridgehead atoms. The molecule has 0 saturated carbocycles. The Bertz CT molecular complexity index is 1300. The molecule has 160 valence electrons. The Hall–Kier alpha value is -3.56. The lowest BCUT2D eigenvalue weighted by Gasteiger charge is -2.46. The standard InChI is InChI=1S/C25H21ClN4O2/c1-24(2)11-19-21(20(31)12-24)25(16-5-3-4-6-18(16)29-23(25)32)17(13-27)22(28)30(19)15-9-7-14(26)8-10-15/h3-10H,11-12,28H2,1-2H3,(H,29,32). The quantitative estimate of drug-likeness (QED) is 0.679. The second-order valence-corrected chi connectivity index (χ2v) is 9.63. The second kappa shape index (κ2) is 6.72. The van der Waals surface area contributed by atoms with E-state index in [4.69, 9.17) is 17.3 Å². The minimum atomic E-state index is -1.55. The SMILES string of the molecule is CC1(C)CC(=O)C2=C(C1)N(c1ccc(Cl)cc1)C(N)=C(C#N)C21C(=O)Nc2ccccc21. The Balaban J connectivity index is 1.89. The number of nitrogens with zero attached hydrogens (tertiary/aromatic N) is 2. The van der Waals surface area contributed by atoms with Crippen molar-refractivity contribution in [2.24, 2.45) is 11.1 Å². The molecule has 1 amide bonds. The van der Waals surface area contributed by atoms with E-state index < -0.39 is 11.3 Å². The average molecular weight is 445 g/mol. The summed E-state index contributed by atoms with van der Waals surface area (Å²) in [6.07, 6.45) is 0.795. The maximum absolute atomic E-state index is 13.7. The number of amides is 1. The number of rotatable bonds is 1.